The number of hydrogen-bond donors (Lipinski definition) is 1. The van der Waals surface area contributed by atoms with Crippen LogP contribution in [0.25, 0.3) is 0 Å². The molecule has 0 aliphatic heterocycles. The fourth-order valence-electron chi connectivity index (χ4n) is 1.60. The second-order valence-electron chi connectivity index (χ2n) is 4.22. The standard InChI is InChI=1S/C13H27NO.H2/c1-3-5-6-7-8-9-10-11-13(15)14-12-4-2;/h3-12H2,1-2H3,(H,14,15);1H. The second kappa shape index (κ2) is 11.5. The lowest BCUT2D eigenvalue weighted by Gasteiger charge is -2.03. The average molecular weight is 215 g/mol. The highest BCUT2D eigenvalue weighted by molar-refractivity contribution is 5.75. The van der Waals surface area contributed by atoms with Crippen LogP contribution < -0.4 is 5.32 Å². The first-order valence-electron chi connectivity index (χ1n) is 6.58. The molecule has 2 heteroatoms. The molecule has 0 aliphatic carbocycles. The molecule has 0 spiro atoms. The first-order valence-corrected chi connectivity index (χ1v) is 6.58. The number of hydrogen-bond acceptors (Lipinski definition) is 1. The van der Waals surface area contributed by atoms with Gasteiger partial charge in [-0.3, -0.25) is 4.79 Å². The van der Waals surface area contributed by atoms with E-state index >= 15 is 0 Å². The molecule has 0 rings (SSSR count). The van der Waals surface area contributed by atoms with Crippen LogP contribution in [0.2, 0.25) is 0 Å². The Kier molecular flexibility index (Phi) is 11.1. The van der Waals surface area contributed by atoms with E-state index in [1.54, 1.807) is 0 Å². The van der Waals surface area contributed by atoms with Crippen molar-refractivity contribution in [3.05, 3.63) is 0 Å². The molecule has 0 bridgehead atoms. The number of rotatable bonds is 10. The third-order valence-corrected chi connectivity index (χ3v) is 2.58. The number of nitrogens with one attached hydrogen (secondary N) is 1. The molecular weight excluding hydrogens is 186 g/mol. The maximum absolute atomic E-state index is 11.2. The van der Waals surface area contributed by atoms with Crippen molar-refractivity contribution >= 4 is 5.91 Å². The van der Waals surface area contributed by atoms with Gasteiger partial charge in [0, 0.05) is 14.4 Å². The maximum Gasteiger partial charge on any atom is 0.219 e. The zero-order chi connectivity index (χ0) is 11.4. The Bertz CT molecular complexity index is 151. The molecule has 0 aromatic carbocycles. The van der Waals surface area contributed by atoms with Crippen molar-refractivity contribution in [2.24, 2.45) is 0 Å². The van der Waals surface area contributed by atoms with Crippen molar-refractivity contribution in [1.29, 1.82) is 0 Å². The smallest absolute Gasteiger partial charge is 0.219 e. The third-order valence-electron chi connectivity index (χ3n) is 2.58. The number of unbranched alkanes of at least 4 members (excludes halogenated alkanes) is 6. The fourth-order valence-corrected chi connectivity index (χ4v) is 1.60. The van der Waals surface area contributed by atoms with Crippen LogP contribution in [0.1, 0.15) is 73.1 Å². The number of carbonyl (C=O) groups excluding carboxylic acids is 1. The van der Waals surface area contributed by atoms with E-state index in [-0.39, 0.29) is 7.33 Å². The van der Waals surface area contributed by atoms with Gasteiger partial charge in [-0.1, -0.05) is 52.4 Å². The molecule has 0 saturated carbocycles. The molecule has 0 atom stereocenters. The lowest BCUT2D eigenvalue weighted by atomic mass is 10.1. The van der Waals surface area contributed by atoms with E-state index in [2.05, 4.69) is 19.2 Å². The van der Waals surface area contributed by atoms with E-state index in [4.69, 9.17) is 0 Å². The molecule has 2 nitrogen and oxygen atoms in total. The normalized spacial score (nSPS) is 10.3. The Balaban J connectivity index is 0. The van der Waals surface area contributed by atoms with Gasteiger partial charge in [0.25, 0.3) is 0 Å². The van der Waals surface area contributed by atoms with E-state index < -0.39 is 0 Å². The third kappa shape index (κ3) is 11.4. The van der Waals surface area contributed by atoms with Crippen LogP contribution in [-0.2, 0) is 4.79 Å². The van der Waals surface area contributed by atoms with Gasteiger partial charge in [-0.15, -0.1) is 0 Å². The highest BCUT2D eigenvalue weighted by atomic mass is 16.1. The Labute approximate surface area is 96.3 Å². The molecule has 92 valence electrons. The number of amides is 1. The number of carbonyl (C=O) groups is 1. The van der Waals surface area contributed by atoms with E-state index in [0.29, 0.717) is 6.42 Å². The maximum atomic E-state index is 11.2. The van der Waals surface area contributed by atoms with Gasteiger partial charge in [0.2, 0.25) is 5.91 Å². The van der Waals surface area contributed by atoms with E-state index in [1.807, 2.05) is 0 Å². The SMILES string of the molecule is CCCCCCCCCC(=O)NCCC.[HH]. The summed E-state index contributed by atoms with van der Waals surface area (Å²) in [5.41, 5.74) is 0. The van der Waals surface area contributed by atoms with Gasteiger partial charge in [-0.2, -0.15) is 0 Å². The first-order chi connectivity index (χ1) is 7.31. The van der Waals surface area contributed by atoms with Crippen LogP contribution in [0.5, 0.6) is 0 Å². The molecule has 0 heterocycles. The molecule has 1 N–H and O–H groups in total. The van der Waals surface area contributed by atoms with Gasteiger partial charge in [-0.25, -0.2) is 0 Å². The summed E-state index contributed by atoms with van der Waals surface area (Å²) in [4.78, 5) is 11.2. The summed E-state index contributed by atoms with van der Waals surface area (Å²) >= 11 is 0. The van der Waals surface area contributed by atoms with Gasteiger partial charge in [0.05, 0.1) is 0 Å². The molecular formula is C13H29NO. The van der Waals surface area contributed by atoms with E-state index in [0.717, 1.165) is 19.4 Å². The molecule has 0 aromatic heterocycles. The van der Waals surface area contributed by atoms with Gasteiger partial charge in [0.15, 0.2) is 0 Å². The lowest BCUT2D eigenvalue weighted by molar-refractivity contribution is -0.121. The van der Waals surface area contributed by atoms with Crippen LogP contribution in [-0.4, -0.2) is 12.5 Å². The van der Waals surface area contributed by atoms with Gasteiger partial charge >= 0.3 is 0 Å². The minimum atomic E-state index is 0. The molecule has 1 amide bonds. The monoisotopic (exact) mass is 215 g/mol. The molecule has 0 saturated heterocycles. The summed E-state index contributed by atoms with van der Waals surface area (Å²) in [6.07, 6.45) is 10.7. The summed E-state index contributed by atoms with van der Waals surface area (Å²) in [6, 6.07) is 0. The van der Waals surface area contributed by atoms with Crippen molar-refractivity contribution in [3.63, 3.8) is 0 Å². The van der Waals surface area contributed by atoms with Crippen molar-refractivity contribution in [2.45, 2.75) is 71.6 Å². The summed E-state index contributed by atoms with van der Waals surface area (Å²) in [6.45, 7) is 5.14. The molecule has 0 fully saturated rings. The predicted octanol–water partition coefficient (Wildman–Crippen LogP) is 3.90. The van der Waals surface area contributed by atoms with Gasteiger partial charge in [0.1, 0.15) is 0 Å². The highest BCUT2D eigenvalue weighted by Crippen LogP contribution is 2.08. The molecule has 0 unspecified atom stereocenters. The van der Waals surface area contributed by atoms with Crippen molar-refractivity contribution in [1.82, 2.24) is 5.32 Å². The Morgan fingerprint density at radius 1 is 0.933 bits per heavy atom. The predicted molar refractivity (Wildman–Crippen MR) is 68.0 cm³/mol. The highest BCUT2D eigenvalue weighted by Gasteiger charge is 1.98. The summed E-state index contributed by atoms with van der Waals surface area (Å²) in [5.74, 6) is 0.227. The lowest BCUT2D eigenvalue weighted by Crippen LogP contribution is -2.23. The van der Waals surface area contributed by atoms with Crippen molar-refractivity contribution in [2.75, 3.05) is 6.54 Å². The summed E-state index contributed by atoms with van der Waals surface area (Å²) in [7, 11) is 0. The zero-order valence-corrected chi connectivity index (χ0v) is 10.5. The van der Waals surface area contributed by atoms with Crippen LogP contribution in [0, 0.1) is 0 Å². The van der Waals surface area contributed by atoms with Crippen LogP contribution in [0.4, 0.5) is 0 Å². The van der Waals surface area contributed by atoms with E-state index in [9.17, 15) is 4.79 Å². The fraction of sp³-hybridized carbons (Fsp3) is 0.923. The molecule has 0 radical (unpaired) electrons. The topological polar surface area (TPSA) is 29.1 Å². The molecule has 0 aliphatic rings. The van der Waals surface area contributed by atoms with E-state index in [1.165, 1.54) is 38.5 Å². The van der Waals surface area contributed by atoms with Gasteiger partial charge in [-0.05, 0) is 12.8 Å². The molecule has 15 heavy (non-hydrogen) atoms. The Morgan fingerprint density at radius 2 is 1.53 bits per heavy atom. The zero-order valence-electron chi connectivity index (χ0n) is 10.5. The Morgan fingerprint density at radius 3 is 2.13 bits per heavy atom. The van der Waals surface area contributed by atoms with Crippen LogP contribution in [0.15, 0.2) is 0 Å². The van der Waals surface area contributed by atoms with Crippen molar-refractivity contribution in [3.8, 4) is 0 Å². The van der Waals surface area contributed by atoms with Crippen molar-refractivity contribution < 1.29 is 6.22 Å². The largest absolute Gasteiger partial charge is 0.356 e. The van der Waals surface area contributed by atoms with Gasteiger partial charge < -0.3 is 5.32 Å². The summed E-state index contributed by atoms with van der Waals surface area (Å²) in [5, 5.41) is 2.90. The summed E-state index contributed by atoms with van der Waals surface area (Å²) < 4.78 is 0. The molecule has 0 aromatic rings. The average Bonchev–Trinajstić information content (AvgIpc) is 2.25. The second-order valence-corrected chi connectivity index (χ2v) is 4.22. The Hall–Kier alpha value is -0.530. The minimum absolute atomic E-state index is 0. The van der Waals surface area contributed by atoms with Crippen LogP contribution in [0.3, 0.4) is 0 Å². The first kappa shape index (κ1) is 14.5. The minimum Gasteiger partial charge on any atom is -0.356 e. The quantitative estimate of drug-likeness (QED) is 0.550. The van der Waals surface area contributed by atoms with Crippen LogP contribution >= 0.6 is 0 Å².